The Balaban J connectivity index is -0.000000697. The molecule has 1 unspecified atom stereocenters. The second kappa shape index (κ2) is 32.3. The molecule has 0 spiro atoms. The predicted molar refractivity (Wildman–Crippen MR) is 157 cm³/mol. The van der Waals surface area contributed by atoms with Crippen molar-refractivity contribution in [1.29, 1.82) is 0 Å². The predicted octanol–water partition coefficient (Wildman–Crippen LogP) is 6.53. The van der Waals surface area contributed by atoms with Crippen LogP contribution in [0.1, 0.15) is 112 Å². The first-order chi connectivity index (χ1) is 19.0. The van der Waals surface area contributed by atoms with Crippen LogP contribution in [0.4, 0.5) is 0 Å². The van der Waals surface area contributed by atoms with E-state index in [1.165, 1.54) is 58.3 Å². The lowest BCUT2D eigenvalue weighted by Gasteiger charge is -2.04. The molecule has 0 aromatic carbocycles. The molecule has 40 heavy (non-hydrogen) atoms. The average Bonchev–Trinajstić information content (AvgIpc) is 2.90. The minimum Gasteiger partial charge on any atom is -0.463 e. The van der Waals surface area contributed by atoms with Crippen LogP contribution in [0.25, 0.3) is 0 Å². The fraction of sp³-hybridized carbons (Fsp3) is 0.677. The Kier molecular flexibility index (Phi) is 33.5. The maximum Gasteiger partial charge on any atom is 0.333 e. The van der Waals surface area contributed by atoms with Gasteiger partial charge in [0.05, 0.1) is 25.6 Å². The topological polar surface area (TPSA) is 125 Å². The molecule has 232 valence electrons. The Hall–Kier alpha value is -2.94. The van der Waals surface area contributed by atoms with Crippen molar-refractivity contribution in [2.75, 3.05) is 19.8 Å². The van der Waals surface area contributed by atoms with Crippen LogP contribution >= 0.6 is 0 Å². The van der Waals surface area contributed by atoms with Gasteiger partial charge in [0.2, 0.25) is 0 Å². The highest BCUT2D eigenvalue weighted by Gasteiger charge is 2.04. The zero-order valence-corrected chi connectivity index (χ0v) is 25.5. The molecule has 1 N–H and O–H groups in total. The molecule has 0 amide bonds. The van der Waals surface area contributed by atoms with E-state index in [0.29, 0.717) is 18.8 Å². The molecule has 0 radical (unpaired) electrons. The first-order valence-corrected chi connectivity index (χ1v) is 14.3. The van der Waals surface area contributed by atoms with E-state index in [4.69, 9.17) is 14.6 Å². The van der Waals surface area contributed by atoms with Crippen molar-refractivity contribution < 1.29 is 43.2 Å². The van der Waals surface area contributed by atoms with Gasteiger partial charge in [-0.1, -0.05) is 91.2 Å². The van der Waals surface area contributed by atoms with E-state index in [-0.39, 0.29) is 12.6 Å². The van der Waals surface area contributed by atoms with Crippen LogP contribution < -0.4 is 0 Å². The van der Waals surface area contributed by atoms with Gasteiger partial charge < -0.3 is 24.1 Å². The third kappa shape index (κ3) is 39.6. The molecule has 0 fully saturated rings. The van der Waals surface area contributed by atoms with Crippen LogP contribution in [0.3, 0.4) is 0 Å². The van der Waals surface area contributed by atoms with Crippen molar-refractivity contribution in [1.82, 2.24) is 0 Å². The smallest absolute Gasteiger partial charge is 0.333 e. The molecule has 0 aromatic heterocycles. The van der Waals surface area contributed by atoms with Crippen LogP contribution in [-0.4, -0.2) is 54.9 Å². The first kappa shape index (κ1) is 41.5. The Morgan fingerprint density at radius 2 is 1.12 bits per heavy atom. The van der Waals surface area contributed by atoms with Crippen molar-refractivity contribution in [3.05, 3.63) is 37.1 Å². The van der Waals surface area contributed by atoms with E-state index in [9.17, 15) is 19.2 Å². The normalized spacial score (nSPS) is 10.7. The summed E-state index contributed by atoms with van der Waals surface area (Å²) in [6.45, 7) is 16.2. The minimum atomic E-state index is -0.608. The van der Waals surface area contributed by atoms with E-state index in [1.807, 2.05) is 0 Å². The average molecular weight is 571 g/mol. The lowest BCUT2D eigenvalue weighted by atomic mass is 10.1. The number of unbranched alkanes of at least 4 members (excludes halogenated alkanes) is 10. The number of aliphatic hydroxyl groups is 1. The summed E-state index contributed by atoms with van der Waals surface area (Å²) in [5, 5.41) is 8.68. The molecule has 9 heteroatoms. The van der Waals surface area contributed by atoms with Gasteiger partial charge in [-0.05, 0) is 26.7 Å². The molecule has 0 aliphatic heterocycles. The Bertz CT molecular complexity index is 680. The van der Waals surface area contributed by atoms with Gasteiger partial charge in [0, 0.05) is 24.6 Å². The van der Waals surface area contributed by atoms with E-state index in [0.717, 1.165) is 44.1 Å². The van der Waals surface area contributed by atoms with Crippen LogP contribution in [0.15, 0.2) is 37.1 Å². The summed E-state index contributed by atoms with van der Waals surface area (Å²) in [6, 6.07) is 0. The van der Waals surface area contributed by atoms with Gasteiger partial charge in [-0.2, -0.15) is 0 Å². The maximum absolute atomic E-state index is 11.4. The minimum absolute atomic E-state index is 0.0334. The molecule has 0 saturated heterocycles. The third-order valence-corrected chi connectivity index (χ3v) is 4.89. The Morgan fingerprint density at radius 1 is 0.725 bits per heavy atom. The molecule has 0 saturated carbocycles. The van der Waals surface area contributed by atoms with E-state index >= 15 is 0 Å². The molecule has 0 aliphatic rings. The highest BCUT2D eigenvalue weighted by molar-refractivity contribution is 5.91. The molecule has 0 bridgehead atoms. The summed E-state index contributed by atoms with van der Waals surface area (Å²) in [5.41, 5.74) is 0.348. The number of hydrogen-bond acceptors (Lipinski definition) is 9. The van der Waals surface area contributed by atoms with Crippen molar-refractivity contribution in [2.45, 2.75) is 118 Å². The summed E-state index contributed by atoms with van der Waals surface area (Å²) in [4.78, 5) is 43.2. The van der Waals surface area contributed by atoms with Gasteiger partial charge in [0.1, 0.15) is 6.61 Å². The fourth-order valence-electron chi connectivity index (χ4n) is 2.78. The maximum atomic E-state index is 11.4. The van der Waals surface area contributed by atoms with Crippen LogP contribution in [0.5, 0.6) is 0 Å². The summed E-state index contributed by atoms with van der Waals surface area (Å²) < 4.78 is 18.8. The zero-order chi connectivity index (χ0) is 31.0. The fourth-order valence-corrected chi connectivity index (χ4v) is 2.78. The molecule has 0 heterocycles. The molecular weight excluding hydrogens is 516 g/mol. The lowest BCUT2D eigenvalue weighted by Crippen LogP contribution is -2.15. The molecular formula is C31H54O9. The summed E-state index contributed by atoms with van der Waals surface area (Å²) in [6.07, 6.45) is 16.6. The van der Waals surface area contributed by atoms with Gasteiger partial charge in [-0.3, -0.25) is 4.79 Å². The van der Waals surface area contributed by atoms with E-state index in [1.54, 1.807) is 13.8 Å². The number of hydrogen-bond donors (Lipinski definition) is 1. The van der Waals surface area contributed by atoms with E-state index in [2.05, 4.69) is 36.5 Å². The van der Waals surface area contributed by atoms with Gasteiger partial charge in [0.15, 0.2) is 0 Å². The van der Waals surface area contributed by atoms with Crippen molar-refractivity contribution in [3.8, 4) is 0 Å². The van der Waals surface area contributed by atoms with E-state index < -0.39 is 24.0 Å². The van der Waals surface area contributed by atoms with Gasteiger partial charge in [0.25, 0.3) is 0 Å². The third-order valence-electron chi connectivity index (χ3n) is 4.89. The van der Waals surface area contributed by atoms with Gasteiger partial charge in [-0.25, -0.2) is 14.4 Å². The van der Waals surface area contributed by atoms with Crippen LogP contribution in [0.2, 0.25) is 0 Å². The highest BCUT2D eigenvalue weighted by atomic mass is 16.5. The number of rotatable bonds is 20. The van der Waals surface area contributed by atoms with Gasteiger partial charge >= 0.3 is 23.9 Å². The van der Waals surface area contributed by atoms with Crippen LogP contribution in [0, 0.1) is 0 Å². The molecule has 0 rings (SSSR count). The standard InChI is InChI=1S/C20H36O4.C7H12O3.C4H6O2/c1-3-5-7-9-11-13-17-23-19(21)15-16-20(22)24-18-14-12-10-8-6-4-2;1-5(2)7(9)10-4-6(3)8;1-3-6-4(2)5/h15-16H,3-14,17-18H2,1-2H3;6,8H,1,4H2,2-3H3;3H,1H2,2H3/b16-15+;;. The highest BCUT2D eigenvalue weighted by Crippen LogP contribution is 2.06. The summed E-state index contributed by atoms with van der Waals surface area (Å²) >= 11 is 0. The molecule has 1 atom stereocenters. The van der Waals surface area contributed by atoms with Gasteiger partial charge in [-0.15, -0.1) is 0 Å². The SMILES string of the molecule is C=C(C)C(=O)OCC(C)O.C=COC(C)=O.CCCCCCCCOC(=O)/C=C/C(=O)OCCCCCCCC. The number of aliphatic hydroxyl groups excluding tert-OH is 1. The molecule has 0 aliphatic carbocycles. The first-order valence-electron chi connectivity index (χ1n) is 14.3. The van der Waals surface area contributed by atoms with Crippen LogP contribution in [-0.2, 0) is 38.1 Å². The molecule has 9 nitrogen and oxygen atoms in total. The second-order valence-corrected chi connectivity index (χ2v) is 9.21. The largest absolute Gasteiger partial charge is 0.463 e. The molecule has 0 aromatic rings. The zero-order valence-electron chi connectivity index (χ0n) is 25.5. The number of carbonyl (C=O) groups excluding carboxylic acids is 4. The Labute approximate surface area is 242 Å². The van der Waals surface area contributed by atoms with Crippen molar-refractivity contribution >= 4 is 23.9 Å². The Morgan fingerprint density at radius 3 is 1.43 bits per heavy atom. The van der Waals surface area contributed by atoms with Crippen molar-refractivity contribution in [2.24, 2.45) is 0 Å². The number of ether oxygens (including phenoxy) is 4. The summed E-state index contributed by atoms with van der Waals surface area (Å²) in [7, 11) is 0. The number of esters is 4. The van der Waals surface area contributed by atoms with Crippen molar-refractivity contribution in [3.63, 3.8) is 0 Å². The summed E-state index contributed by atoms with van der Waals surface area (Å²) in [5.74, 6) is -1.73. The lowest BCUT2D eigenvalue weighted by molar-refractivity contribution is -0.141. The quantitative estimate of drug-likeness (QED) is 0.0571. The second-order valence-electron chi connectivity index (χ2n) is 9.21. The monoisotopic (exact) mass is 570 g/mol. The number of carbonyl (C=O) groups is 4.